The molecule has 0 saturated heterocycles. The van der Waals surface area contributed by atoms with Gasteiger partial charge in [0.15, 0.2) is 5.82 Å². The van der Waals surface area contributed by atoms with Gasteiger partial charge in [-0.2, -0.15) is 5.10 Å². The van der Waals surface area contributed by atoms with E-state index in [-0.39, 0.29) is 0 Å². The zero-order valence-electron chi connectivity index (χ0n) is 32.1. The van der Waals surface area contributed by atoms with Crippen LogP contribution in [0.25, 0.3) is 106 Å². The van der Waals surface area contributed by atoms with Gasteiger partial charge in [-0.1, -0.05) is 212 Å². The second-order valence-electron chi connectivity index (χ2n) is 14.8. The molecule has 8 aromatic carbocycles. The van der Waals surface area contributed by atoms with Crippen LogP contribution in [0, 0.1) is 0 Å². The second-order valence-corrected chi connectivity index (χ2v) is 14.8. The summed E-state index contributed by atoms with van der Waals surface area (Å²) in [7, 11) is 0. The van der Waals surface area contributed by atoms with E-state index >= 15 is 0 Å². The maximum atomic E-state index is 5.66. The lowest BCUT2D eigenvalue weighted by molar-refractivity contribution is 0.981. The predicted octanol–water partition coefficient (Wildman–Crippen LogP) is 14.1. The minimum absolute atomic E-state index is 0.680. The average molecular weight is 753 g/mol. The molecule has 11 rings (SSSR count). The summed E-state index contributed by atoms with van der Waals surface area (Å²) in [4.78, 5) is 10.2. The maximum Gasteiger partial charge on any atom is 0.160 e. The summed E-state index contributed by atoms with van der Waals surface area (Å²) in [5, 5.41) is 10.3. The Hall–Kier alpha value is -7.95. The quantitative estimate of drug-likeness (QED) is 0.163. The molecular weight excluding hydrogens is 717 g/mol. The Morgan fingerprint density at radius 1 is 0.339 bits per heavy atom. The van der Waals surface area contributed by atoms with E-state index in [1.165, 1.54) is 10.8 Å². The number of hydrogen-bond donors (Lipinski definition) is 0. The monoisotopic (exact) mass is 752 g/mol. The van der Waals surface area contributed by atoms with Crippen molar-refractivity contribution in [2.75, 3.05) is 0 Å². The fourth-order valence-corrected chi connectivity index (χ4v) is 8.50. The molecule has 0 fully saturated rings. The molecule has 0 amide bonds. The lowest BCUT2D eigenvalue weighted by Crippen LogP contribution is -2.00. The highest BCUT2D eigenvalue weighted by molar-refractivity contribution is 6.16. The van der Waals surface area contributed by atoms with Gasteiger partial charge in [0.2, 0.25) is 0 Å². The summed E-state index contributed by atoms with van der Waals surface area (Å²) >= 11 is 0. The third kappa shape index (κ3) is 6.06. The molecule has 0 aliphatic carbocycles. The minimum Gasteiger partial charge on any atom is -0.231 e. The Bertz CT molecular complexity index is 3220. The van der Waals surface area contributed by atoms with Crippen LogP contribution >= 0.6 is 0 Å². The van der Waals surface area contributed by atoms with Crippen molar-refractivity contribution < 1.29 is 0 Å². The topological polar surface area (TPSA) is 43.1 Å². The highest BCUT2D eigenvalue weighted by atomic mass is 15.2. The largest absolute Gasteiger partial charge is 0.231 e. The van der Waals surface area contributed by atoms with Crippen LogP contribution in [0.5, 0.6) is 0 Å². The van der Waals surface area contributed by atoms with Crippen molar-refractivity contribution in [2.45, 2.75) is 0 Å². The highest BCUT2D eigenvalue weighted by Crippen LogP contribution is 2.46. The zero-order chi connectivity index (χ0) is 39.1. The van der Waals surface area contributed by atoms with Crippen molar-refractivity contribution in [3.05, 3.63) is 218 Å². The molecule has 3 aromatic heterocycles. The number of benzene rings is 8. The number of nitrogens with zero attached hydrogens (tertiary/aromatic N) is 4. The van der Waals surface area contributed by atoms with Crippen molar-refractivity contribution >= 4 is 27.1 Å². The number of fused-ring (bicyclic) bond motifs is 4. The molecule has 0 spiro atoms. The number of aromatic nitrogens is 4. The third-order valence-corrected chi connectivity index (χ3v) is 11.2. The van der Waals surface area contributed by atoms with Gasteiger partial charge in [0, 0.05) is 44.3 Å². The average Bonchev–Trinajstić information content (AvgIpc) is 3.72. The van der Waals surface area contributed by atoms with Crippen LogP contribution in [0.15, 0.2) is 218 Å². The predicted molar refractivity (Wildman–Crippen MR) is 244 cm³/mol. The summed E-state index contributed by atoms with van der Waals surface area (Å²) in [6.07, 6.45) is 0. The van der Waals surface area contributed by atoms with Gasteiger partial charge in [0.25, 0.3) is 0 Å². The Morgan fingerprint density at radius 3 is 1.44 bits per heavy atom. The Labute approximate surface area is 342 Å². The SMILES string of the molecule is c1ccc(-c2cc(-c3ccccc3)nc(-c3ccc(-c4c(-c5ccccc5)n5nc(-c6cccc7ccccc67)c(-c6ccccc6)c5c5ccccc45)cc3)n2)cc1. The van der Waals surface area contributed by atoms with E-state index < -0.39 is 0 Å². The van der Waals surface area contributed by atoms with Gasteiger partial charge < -0.3 is 0 Å². The number of rotatable bonds is 7. The molecule has 276 valence electrons. The molecule has 0 aliphatic rings. The van der Waals surface area contributed by atoms with E-state index in [2.05, 4.69) is 187 Å². The molecule has 0 N–H and O–H groups in total. The van der Waals surface area contributed by atoms with Gasteiger partial charge in [-0.3, -0.25) is 0 Å². The van der Waals surface area contributed by atoms with Gasteiger partial charge in [0.05, 0.1) is 22.6 Å². The number of pyridine rings is 1. The van der Waals surface area contributed by atoms with Crippen LogP contribution in [-0.2, 0) is 0 Å². The maximum absolute atomic E-state index is 5.66. The summed E-state index contributed by atoms with van der Waals surface area (Å²) < 4.78 is 2.21. The van der Waals surface area contributed by atoms with Crippen LogP contribution in [0.2, 0.25) is 0 Å². The zero-order valence-corrected chi connectivity index (χ0v) is 32.1. The van der Waals surface area contributed by atoms with Crippen molar-refractivity contribution in [2.24, 2.45) is 0 Å². The van der Waals surface area contributed by atoms with Crippen LogP contribution in [0.4, 0.5) is 0 Å². The Morgan fingerprint density at radius 2 is 0.814 bits per heavy atom. The first-order chi connectivity index (χ1) is 29.3. The highest BCUT2D eigenvalue weighted by Gasteiger charge is 2.26. The van der Waals surface area contributed by atoms with E-state index in [1.54, 1.807) is 0 Å². The van der Waals surface area contributed by atoms with Crippen LogP contribution in [-0.4, -0.2) is 19.6 Å². The summed E-state index contributed by atoms with van der Waals surface area (Å²) in [6, 6.07) is 76.7. The van der Waals surface area contributed by atoms with Gasteiger partial charge in [-0.15, -0.1) is 0 Å². The fraction of sp³-hybridized carbons (Fsp3) is 0. The lowest BCUT2D eigenvalue weighted by Gasteiger charge is -2.18. The Kier molecular flexibility index (Phi) is 8.45. The first-order valence-electron chi connectivity index (χ1n) is 20.0. The smallest absolute Gasteiger partial charge is 0.160 e. The molecule has 0 atom stereocenters. The number of hydrogen-bond acceptors (Lipinski definition) is 3. The standard InChI is InChI=1S/C55H36N4/c1-5-19-38(20-6-1)48-36-49(39-21-7-2-8-22-39)57-55(56-48)43-34-32-41(33-35-43)50-45-29-15-16-30-47(45)54-51(40-23-9-3-10-24-40)52(46-31-17-27-37-18-13-14-28-44(37)46)58-59(54)53(50)42-25-11-4-12-26-42/h1-36H. The Balaban J connectivity index is 1.17. The van der Waals surface area contributed by atoms with Gasteiger partial charge >= 0.3 is 0 Å². The van der Waals surface area contributed by atoms with Gasteiger partial charge in [-0.05, 0) is 33.4 Å². The molecule has 4 nitrogen and oxygen atoms in total. The molecule has 3 heterocycles. The molecule has 0 aliphatic heterocycles. The fourth-order valence-electron chi connectivity index (χ4n) is 8.50. The normalized spacial score (nSPS) is 11.4. The van der Waals surface area contributed by atoms with Crippen molar-refractivity contribution in [1.82, 2.24) is 19.6 Å². The van der Waals surface area contributed by atoms with E-state index in [9.17, 15) is 0 Å². The third-order valence-electron chi connectivity index (χ3n) is 11.2. The summed E-state index contributed by atoms with van der Waals surface area (Å²) in [6.45, 7) is 0. The minimum atomic E-state index is 0.680. The van der Waals surface area contributed by atoms with E-state index in [4.69, 9.17) is 15.1 Å². The molecule has 0 saturated carbocycles. The van der Waals surface area contributed by atoms with Crippen molar-refractivity contribution in [3.63, 3.8) is 0 Å². The molecule has 0 radical (unpaired) electrons. The van der Waals surface area contributed by atoms with E-state index in [0.29, 0.717) is 5.82 Å². The lowest BCUT2D eigenvalue weighted by atomic mass is 9.90. The van der Waals surface area contributed by atoms with E-state index in [1.807, 2.05) is 36.4 Å². The summed E-state index contributed by atoms with van der Waals surface area (Å²) in [5.74, 6) is 0.680. The van der Waals surface area contributed by atoms with E-state index in [0.717, 1.165) is 89.1 Å². The molecule has 0 bridgehead atoms. The molecular formula is C55H36N4. The van der Waals surface area contributed by atoms with Gasteiger partial charge in [0.1, 0.15) is 5.69 Å². The first kappa shape index (κ1) is 34.3. The second kappa shape index (κ2) is 14.5. The molecule has 4 heteroatoms. The van der Waals surface area contributed by atoms with Crippen LogP contribution < -0.4 is 0 Å². The first-order valence-corrected chi connectivity index (χ1v) is 20.0. The van der Waals surface area contributed by atoms with Crippen LogP contribution in [0.1, 0.15) is 0 Å². The van der Waals surface area contributed by atoms with Crippen molar-refractivity contribution in [1.29, 1.82) is 0 Å². The molecule has 11 aromatic rings. The van der Waals surface area contributed by atoms with Crippen LogP contribution in [0.3, 0.4) is 0 Å². The van der Waals surface area contributed by atoms with Crippen molar-refractivity contribution in [3.8, 4) is 78.7 Å². The molecule has 59 heavy (non-hydrogen) atoms. The van der Waals surface area contributed by atoms with Gasteiger partial charge in [-0.25, -0.2) is 14.5 Å². The molecule has 0 unspecified atom stereocenters. The summed E-state index contributed by atoms with van der Waals surface area (Å²) in [5.41, 5.74) is 14.5.